The Balaban J connectivity index is 1.84. The van der Waals surface area contributed by atoms with Crippen LogP contribution in [-0.2, 0) is 17.4 Å². The number of aryl methyl sites for hydroxylation is 1. The topological polar surface area (TPSA) is 41.1 Å². The number of benzene rings is 2. The van der Waals surface area contributed by atoms with Crippen molar-refractivity contribution in [3.63, 3.8) is 0 Å². The fourth-order valence-corrected chi connectivity index (χ4v) is 3.11. The lowest BCUT2D eigenvalue weighted by molar-refractivity contribution is -0.137. The number of carbonyl (C=O) groups excluding carboxylic acids is 1. The van der Waals surface area contributed by atoms with E-state index in [9.17, 15) is 22.4 Å². The van der Waals surface area contributed by atoms with Gasteiger partial charge < -0.3 is 10.6 Å². The van der Waals surface area contributed by atoms with Crippen LogP contribution in [0.5, 0.6) is 0 Å². The second kappa shape index (κ2) is 6.82. The number of hydrogen-bond donors (Lipinski definition) is 2. The second-order valence-electron chi connectivity index (χ2n) is 6.04. The van der Waals surface area contributed by atoms with Gasteiger partial charge >= 0.3 is 6.18 Å². The Labute approximate surface area is 147 Å². The minimum Gasteiger partial charge on any atom is -0.378 e. The Bertz CT molecular complexity index is 861. The van der Waals surface area contributed by atoms with Crippen LogP contribution in [0.25, 0.3) is 0 Å². The van der Waals surface area contributed by atoms with Crippen molar-refractivity contribution < 1.29 is 22.4 Å². The van der Waals surface area contributed by atoms with E-state index >= 15 is 0 Å². The molecule has 0 bridgehead atoms. The van der Waals surface area contributed by atoms with E-state index in [0.717, 1.165) is 18.2 Å². The highest BCUT2D eigenvalue weighted by molar-refractivity contribution is 5.98. The average Bonchev–Trinajstić information content (AvgIpc) is 2.97. The van der Waals surface area contributed by atoms with Crippen molar-refractivity contribution in [1.29, 1.82) is 0 Å². The van der Waals surface area contributed by atoms with Crippen molar-refractivity contribution in [1.82, 2.24) is 0 Å². The highest BCUT2D eigenvalue weighted by atomic mass is 19.4. The van der Waals surface area contributed by atoms with Gasteiger partial charge in [-0.25, -0.2) is 4.39 Å². The molecule has 3 nitrogen and oxygen atoms in total. The van der Waals surface area contributed by atoms with Gasteiger partial charge in [-0.1, -0.05) is 12.6 Å². The molecule has 1 unspecified atom stereocenters. The molecule has 1 amide bonds. The number of alkyl halides is 3. The molecule has 2 N–H and O–H groups in total. The van der Waals surface area contributed by atoms with Gasteiger partial charge in [0.05, 0.1) is 11.6 Å². The van der Waals surface area contributed by atoms with Gasteiger partial charge in [0.2, 0.25) is 5.91 Å². The third-order valence-electron chi connectivity index (χ3n) is 4.25. The van der Waals surface area contributed by atoms with Crippen molar-refractivity contribution in [3.8, 4) is 0 Å². The number of hydrogen-bond acceptors (Lipinski definition) is 2. The molecule has 0 saturated heterocycles. The summed E-state index contributed by atoms with van der Waals surface area (Å²) in [6.45, 7) is 3.34. The lowest BCUT2D eigenvalue weighted by Gasteiger charge is -2.18. The first kappa shape index (κ1) is 18.0. The van der Waals surface area contributed by atoms with Crippen LogP contribution in [0, 0.1) is 5.82 Å². The van der Waals surface area contributed by atoms with Crippen LogP contribution in [0.4, 0.5) is 28.9 Å². The molecule has 0 spiro atoms. The van der Waals surface area contributed by atoms with E-state index in [-0.39, 0.29) is 5.69 Å². The summed E-state index contributed by atoms with van der Waals surface area (Å²) >= 11 is 0. The van der Waals surface area contributed by atoms with Gasteiger partial charge in [0.15, 0.2) is 0 Å². The van der Waals surface area contributed by atoms with Crippen LogP contribution in [-0.4, -0.2) is 5.91 Å². The molecule has 1 atom stereocenters. The molecular formula is C19H16F4N2O. The number of anilines is 2. The van der Waals surface area contributed by atoms with Crippen LogP contribution in [0.2, 0.25) is 0 Å². The van der Waals surface area contributed by atoms with Crippen molar-refractivity contribution in [2.75, 3.05) is 10.6 Å². The summed E-state index contributed by atoms with van der Waals surface area (Å²) in [5.41, 5.74) is 0.975. The largest absolute Gasteiger partial charge is 0.416 e. The maximum atomic E-state index is 14.5. The molecule has 0 heterocycles. The SMILES string of the molecule is C=CC(=O)Nc1cc(F)c2c(c1)CCC2Nc1cccc(C(F)(F)F)c1. The fourth-order valence-electron chi connectivity index (χ4n) is 3.11. The van der Waals surface area contributed by atoms with E-state index < -0.39 is 29.5 Å². The average molecular weight is 364 g/mol. The van der Waals surface area contributed by atoms with E-state index in [4.69, 9.17) is 0 Å². The number of carbonyl (C=O) groups is 1. The molecule has 0 aliphatic heterocycles. The minimum atomic E-state index is -4.44. The summed E-state index contributed by atoms with van der Waals surface area (Å²) in [5.74, 6) is -0.954. The molecule has 0 aromatic heterocycles. The van der Waals surface area contributed by atoms with Crippen molar-refractivity contribution >= 4 is 17.3 Å². The number of fused-ring (bicyclic) bond motifs is 1. The molecule has 2 aromatic rings. The van der Waals surface area contributed by atoms with Gasteiger partial charge in [0, 0.05) is 16.9 Å². The number of rotatable bonds is 4. The highest BCUT2D eigenvalue weighted by Gasteiger charge is 2.31. The number of nitrogens with one attached hydrogen (secondary N) is 2. The predicted octanol–water partition coefficient (Wildman–Crippen LogP) is 5.07. The third-order valence-corrected chi connectivity index (χ3v) is 4.25. The first-order valence-corrected chi connectivity index (χ1v) is 7.97. The number of halogens is 4. The number of amides is 1. The maximum absolute atomic E-state index is 14.5. The Morgan fingerprint density at radius 1 is 1.19 bits per heavy atom. The fraction of sp³-hybridized carbons (Fsp3) is 0.211. The first-order chi connectivity index (χ1) is 12.3. The summed E-state index contributed by atoms with van der Waals surface area (Å²) in [6, 6.07) is 7.27. The molecule has 0 radical (unpaired) electrons. The minimum absolute atomic E-state index is 0.279. The van der Waals surface area contributed by atoms with Crippen molar-refractivity contribution in [2.24, 2.45) is 0 Å². The van der Waals surface area contributed by atoms with Crippen LogP contribution in [0.3, 0.4) is 0 Å². The van der Waals surface area contributed by atoms with Gasteiger partial charge in [-0.2, -0.15) is 13.2 Å². The molecule has 2 aromatic carbocycles. The zero-order valence-corrected chi connectivity index (χ0v) is 13.7. The summed E-state index contributed by atoms with van der Waals surface area (Å²) in [6.07, 6.45) is -2.25. The standard InChI is InChI=1S/C19H16F4N2O/c1-2-17(26)25-14-8-11-6-7-16(18(11)15(20)10-14)24-13-5-3-4-12(9-13)19(21,22)23/h2-5,8-10,16,24H,1,6-7H2,(H,25,26). The van der Waals surface area contributed by atoms with E-state index in [0.29, 0.717) is 29.7 Å². The van der Waals surface area contributed by atoms with E-state index in [1.54, 1.807) is 6.07 Å². The van der Waals surface area contributed by atoms with Gasteiger partial charge in [-0.15, -0.1) is 0 Å². The molecule has 136 valence electrons. The summed E-state index contributed by atoms with van der Waals surface area (Å²) in [4.78, 5) is 11.4. The quantitative estimate of drug-likeness (QED) is 0.588. The van der Waals surface area contributed by atoms with E-state index in [2.05, 4.69) is 17.2 Å². The van der Waals surface area contributed by atoms with E-state index in [1.807, 2.05) is 0 Å². The Morgan fingerprint density at radius 2 is 1.96 bits per heavy atom. The van der Waals surface area contributed by atoms with Gasteiger partial charge in [-0.05, 0) is 54.8 Å². The van der Waals surface area contributed by atoms with E-state index in [1.165, 1.54) is 18.2 Å². The molecule has 0 fully saturated rings. The summed E-state index contributed by atoms with van der Waals surface area (Å²) in [5, 5.41) is 5.49. The van der Waals surface area contributed by atoms with Crippen molar-refractivity contribution in [3.05, 3.63) is 71.6 Å². The summed E-state index contributed by atoms with van der Waals surface area (Å²) < 4.78 is 53.0. The van der Waals surface area contributed by atoms with Gasteiger partial charge in [-0.3, -0.25) is 4.79 Å². The Kier molecular flexibility index (Phi) is 4.71. The third kappa shape index (κ3) is 3.71. The normalized spacial score (nSPS) is 16.1. The predicted molar refractivity (Wildman–Crippen MR) is 91.4 cm³/mol. The van der Waals surface area contributed by atoms with Crippen LogP contribution >= 0.6 is 0 Å². The highest BCUT2D eigenvalue weighted by Crippen LogP contribution is 2.38. The molecule has 26 heavy (non-hydrogen) atoms. The molecule has 7 heteroatoms. The van der Waals surface area contributed by atoms with Crippen LogP contribution in [0.15, 0.2) is 49.1 Å². The lowest BCUT2D eigenvalue weighted by Crippen LogP contribution is -2.12. The zero-order valence-electron chi connectivity index (χ0n) is 13.7. The monoisotopic (exact) mass is 364 g/mol. The van der Waals surface area contributed by atoms with Crippen molar-refractivity contribution in [2.45, 2.75) is 25.1 Å². The van der Waals surface area contributed by atoms with Gasteiger partial charge in [0.25, 0.3) is 0 Å². The smallest absolute Gasteiger partial charge is 0.378 e. The first-order valence-electron chi connectivity index (χ1n) is 7.97. The molecule has 1 aliphatic carbocycles. The van der Waals surface area contributed by atoms with Crippen LogP contribution < -0.4 is 10.6 Å². The Hall–Kier alpha value is -2.83. The van der Waals surface area contributed by atoms with Crippen LogP contribution in [0.1, 0.15) is 29.2 Å². The second-order valence-corrected chi connectivity index (χ2v) is 6.04. The molecular weight excluding hydrogens is 348 g/mol. The Morgan fingerprint density at radius 3 is 2.65 bits per heavy atom. The molecule has 3 rings (SSSR count). The van der Waals surface area contributed by atoms with Gasteiger partial charge in [0.1, 0.15) is 5.82 Å². The zero-order chi connectivity index (χ0) is 18.9. The molecule has 1 aliphatic rings. The maximum Gasteiger partial charge on any atom is 0.416 e. The lowest BCUT2D eigenvalue weighted by atomic mass is 10.1. The summed E-state index contributed by atoms with van der Waals surface area (Å²) in [7, 11) is 0. The molecule has 0 saturated carbocycles.